The molecule has 2 unspecified atom stereocenters. The zero-order valence-electron chi connectivity index (χ0n) is 18.4. The van der Waals surface area contributed by atoms with Gasteiger partial charge in [0.2, 0.25) is 5.91 Å². The number of cyclic esters (lactones) is 1. The molecule has 164 valence electrons. The highest BCUT2D eigenvalue weighted by Crippen LogP contribution is 2.53. The van der Waals surface area contributed by atoms with E-state index in [-0.39, 0.29) is 23.6 Å². The first kappa shape index (κ1) is 21.2. The highest BCUT2D eigenvalue weighted by atomic mass is 16.6. The lowest BCUT2D eigenvalue weighted by Gasteiger charge is -2.28. The molecule has 4 rings (SSSR count). The molecule has 1 saturated heterocycles. The minimum Gasteiger partial charge on any atom is -0.442 e. The highest BCUT2D eigenvalue weighted by molar-refractivity contribution is 5.75. The standard InChI is InChI=1S/C25H31N3O3/c1-16(2)19-5-4-6-20(14-19)25(11-12-25)28-15-23(31-24(28)30)22(27-17(3)29)13-18-7-9-21(26)10-8-18/h4-10,14,16,22-23H,11-13,15,26H2,1-3H3,(H,27,29). The van der Waals surface area contributed by atoms with Gasteiger partial charge in [0, 0.05) is 12.6 Å². The number of nitrogens with two attached hydrogens (primary N) is 1. The Kier molecular flexibility index (Phi) is 5.65. The monoisotopic (exact) mass is 421 g/mol. The Morgan fingerprint density at radius 1 is 1.23 bits per heavy atom. The van der Waals surface area contributed by atoms with Crippen molar-refractivity contribution in [3.8, 4) is 0 Å². The van der Waals surface area contributed by atoms with E-state index >= 15 is 0 Å². The van der Waals surface area contributed by atoms with Gasteiger partial charge in [-0.1, -0.05) is 50.2 Å². The zero-order valence-corrected chi connectivity index (χ0v) is 18.4. The number of nitrogens with one attached hydrogen (secondary N) is 1. The van der Waals surface area contributed by atoms with Crippen molar-refractivity contribution in [3.63, 3.8) is 0 Å². The summed E-state index contributed by atoms with van der Waals surface area (Å²) < 4.78 is 5.81. The number of carbonyl (C=O) groups excluding carboxylic acids is 2. The van der Waals surface area contributed by atoms with E-state index in [0.717, 1.165) is 18.4 Å². The SMILES string of the molecule is CC(=O)NC(Cc1ccc(N)cc1)C1CN(C2(c3cccc(C(C)C)c3)CC2)C(=O)O1. The quantitative estimate of drug-likeness (QED) is 0.663. The predicted molar refractivity (Wildman–Crippen MR) is 121 cm³/mol. The van der Waals surface area contributed by atoms with E-state index in [1.807, 2.05) is 29.2 Å². The lowest BCUT2D eigenvalue weighted by Crippen LogP contribution is -2.46. The van der Waals surface area contributed by atoms with E-state index < -0.39 is 6.10 Å². The summed E-state index contributed by atoms with van der Waals surface area (Å²) >= 11 is 0. The van der Waals surface area contributed by atoms with Gasteiger partial charge in [0.15, 0.2) is 0 Å². The maximum absolute atomic E-state index is 12.9. The molecule has 1 aliphatic carbocycles. The first-order valence-corrected chi connectivity index (χ1v) is 11.0. The fraction of sp³-hybridized carbons (Fsp3) is 0.440. The van der Waals surface area contributed by atoms with Gasteiger partial charge < -0.3 is 15.8 Å². The van der Waals surface area contributed by atoms with Crippen molar-refractivity contribution in [3.05, 3.63) is 65.2 Å². The Hall–Kier alpha value is -3.02. The number of hydrogen-bond acceptors (Lipinski definition) is 4. The molecule has 2 aromatic rings. The Bertz CT molecular complexity index is 966. The number of anilines is 1. The van der Waals surface area contributed by atoms with Crippen molar-refractivity contribution in [2.75, 3.05) is 12.3 Å². The topological polar surface area (TPSA) is 84.7 Å². The number of nitrogen functional groups attached to an aromatic ring is 1. The third-order valence-electron chi connectivity index (χ3n) is 6.44. The minimum atomic E-state index is -0.403. The van der Waals surface area contributed by atoms with Gasteiger partial charge in [-0.15, -0.1) is 0 Å². The van der Waals surface area contributed by atoms with E-state index in [9.17, 15) is 9.59 Å². The Balaban J connectivity index is 1.54. The van der Waals surface area contributed by atoms with Crippen molar-refractivity contribution in [2.24, 2.45) is 0 Å². The molecule has 3 N–H and O–H groups in total. The van der Waals surface area contributed by atoms with Crippen LogP contribution in [0.1, 0.15) is 56.2 Å². The zero-order chi connectivity index (χ0) is 22.2. The van der Waals surface area contributed by atoms with Crippen LogP contribution in [0.4, 0.5) is 10.5 Å². The van der Waals surface area contributed by atoms with Crippen LogP contribution in [0.3, 0.4) is 0 Å². The van der Waals surface area contributed by atoms with E-state index in [4.69, 9.17) is 10.5 Å². The number of carbonyl (C=O) groups is 2. The maximum Gasteiger partial charge on any atom is 0.411 e. The Labute approximate surface area is 183 Å². The molecule has 31 heavy (non-hydrogen) atoms. The Morgan fingerprint density at radius 2 is 1.94 bits per heavy atom. The molecular weight excluding hydrogens is 390 g/mol. The van der Waals surface area contributed by atoms with Crippen LogP contribution in [-0.2, 0) is 21.5 Å². The van der Waals surface area contributed by atoms with E-state index in [1.165, 1.54) is 18.1 Å². The molecule has 6 nitrogen and oxygen atoms in total. The highest BCUT2D eigenvalue weighted by Gasteiger charge is 2.56. The number of rotatable bonds is 7. The Morgan fingerprint density at radius 3 is 2.55 bits per heavy atom. The lowest BCUT2D eigenvalue weighted by atomic mass is 9.95. The normalized spacial score (nSPS) is 20.5. The van der Waals surface area contributed by atoms with Crippen LogP contribution >= 0.6 is 0 Å². The molecule has 1 saturated carbocycles. The summed E-state index contributed by atoms with van der Waals surface area (Å²) in [7, 11) is 0. The number of amides is 2. The van der Waals surface area contributed by atoms with Gasteiger partial charge in [-0.05, 0) is 54.0 Å². The van der Waals surface area contributed by atoms with Gasteiger partial charge in [0.25, 0.3) is 0 Å². The second-order valence-corrected chi connectivity index (χ2v) is 9.10. The van der Waals surface area contributed by atoms with Gasteiger partial charge in [0.05, 0.1) is 18.1 Å². The largest absolute Gasteiger partial charge is 0.442 e. The van der Waals surface area contributed by atoms with Crippen LogP contribution in [0.5, 0.6) is 0 Å². The van der Waals surface area contributed by atoms with Gasteiger partial charge in [-0.3, -0.25) is 9.69 Å². The minimum absolute atomic E-state index is 0.138. The number of ether oxygens (including phenoxy) is 1. The number of hydrogen-bond donors (Lipinski definition) is 2. The lowest BCUT2D eigenvalue weighted by molar-refractivity contribution is -0.120. The van der Waals surface area contributed by atoms with E-state index in [1.54, 1.807) is 0 Å². The molecule has 0 radical (unpaired) electrons. The van der Waals surface area contributed by atoms with E-state index in [0.29, 0.717) is 24.6 Å². The molecule has 2 aliphatic rings. The molecule has 0 spiro atoms. The van der Waals surface area contributed by atoms with Gasteiger partial charge >= 0.3 is 6.09 Å². The van der Waals surface area contributed by atoms with Crippen molar-refractivity contribution < 1.29 is 14.3 Å². The molecule has 2 aromatic carbocycles. The average molecular weight is 422 g/mol. The van der Waals surface area contributed by atoms with Crippen molar-refractivity contribution in [1.82, 2.24) is 10.2 Å². The van der Waals surface area contributed by atoms with E-state index in [2.05, 4.69) is 43.4 Å². The summed E-state index contributed by atoms with van der Waals surface area (Å²) in [6.07, 6.45) is 1.73. The maximum atomic E-state index is 12.9. The molecular formula is C25H31N3O3. The fourth-order valence-corrected chi connectivity index (χ4v) is 4.51. The smallest absolute Gasteiger partial charge is 0.411 e. The van der Waals surface area contributed by atoms with Crippen LogP contribution in [0.2, 0.25) is 0 Å². The molecule has 2 atom stereocenters. The average Bonchev–Trinajstić information content (AvgIpc) is 3.45. The van der Waals surface area contributed by atoms with Crippen LogP contribution < -0.4 is 11.1 Å². The second kappa shape index (κ2) is 8.25. The summed E-state index contributed by atoms with van der Waals surface area (Å²) in [6, 6.07) is 15.8. The summed E-state index contributed by atoms with van der Waals surface area (Å²) in [6.45, 7) is 6.30. The molecule has 1 aliphatic heterocycles. The number of nitrogens with zero attached hydrogens (tertiary/aromatic N) is 1. The third-order valence-corrected chi connectivity index (χ3v) is 6.44. The summed E-state index contributed by atoms with van der Waals surface area (Å²) in [5, 5.41) is 2.99. The van der Waals surface area contributed by atoms with Crippen molar-refractivity contribution in [1.29, 1.82) is 0 Å². The molecule has 2 amide bonds. The van der Waals surface area contributed by atoms with Crippen LogP contribution in [-0.4, -0.2) is 35.6 Å². The third kappa shape index (κ3) is 4.38. The second-order valence-electron chi connectivity index (χ2n) is 9.10. The van der Waals surface area contributed by atoms with Crippen molar-refractivity contribution in [2.45, 2.75) is 63.6 Å². The summed E-state index contributed by atoms with van der Waals surface area (Å²) in [5.41, 5.74) is 9.67. The summed E-state index contributed by atoms with van der Waals surface area (Å²) in [4.78, 5) is 26.7. The van der Waals surface area contributed by atoms with Crippen LogP contribution in [0.25, 0.3) is 0 Å². The molecule has 0 aromatic heterocycles. The van der Waals surface area contributed by atoms with Gasteiger partial charge in [0.1, 0.15) is 6.10 Å². The molecule has 6 heteroatoms. The van der Waals surface area contributed by atoms with Crippen molar-refractivity contribution >= 4 is 17.7 Å². The predicted octanol–water partition coefficient (Wildman–Crippen LogP) is 3.95. The first-order valence-electron chi connectivity index (χ1n) is 11.0. The van der Waals surface area contributed by atoms with Gasteiger partial charge in [-0.2, -0.15) is 0 Å². The van der Waals surface area contributed by atoms with Crippen LogP contribution in [0.15, 0.2) is 48.5 Å². The molecule has 2 fully saturated rings. The molecule has 1 heterocycles. The van der Waals surface area contributed by atoms with Gasteiger partial charge in [-0.25, -0.2) is 4.79 Å². The fourth-order valence-electron chi connectivity index (χ4n) is 4.51. The summed E-state index contributed by atoms with van der Waals surface area (Å²) in [5.74, 6) is 0.291. The molecule has 0 bridgehead atoms. The number of benzene rings is 2. The first-order chi connectivity index (χ1) is 14.8. The van der Waals surface area contributed by atoms with Crippen LogP contribution in [0, 0.1) is 0 Å².